The maximum atomic E-state index is 11.8. The van der Waals surface area contributed by atoms with Crippen LogP contribution in [0.5, 0.6) is 5.75 Å². The summed E-state index contributed by atoms with van der Waals surface area (Å²) in [7, 11) is 0. The Balaban J connectivity index is 1.42. The molecule has 3 aromatic rings. The predicted octanol–water partition coefficient (Wildman–Crippen LogP) is 2.21. The van der Waals surface area contributed by atoms with E-state index in [2.05, 4.69) is 20.5 Å². The molecule has 0 aliphatic carbocycles. The zero-order valence-corrected chi connectivity index (χ0v) is 13.1. The number of rotatable bonds is 7. The van der Waals surface area contributed by atoms with E-state index in [-0.39, 0.29) is 12.5 Å². The van der Waals surface area contributed by atoms with Crippen LogP contribution in [0.15, 0.2) is 60.7 Å². The van der Waals surface area contributed by atoms with Crippen molar-refractivity contribution >= 4 is 5.91 Å². The van der Waals surface area contributed by atoms with E-state index in [9.17, 15) is 4.79 Å². The third-order valence-corrected chi connectivity index (χ3v) is 3.36. The molecule has 0 radical (unpaired) electrons. The molecule has 1 aromatic heterocycles. The summed E-state index contributed by atoms with van der Waals surface area (Å²) in [5, 5.41) is 9.88. The van der Waals surface area contributed by atoms with Crippen LogP contribution in [0.1, 0.15) is 5.82 Å². The molecule has 24 heavy (non-hydrogen) atoms. The second-order valence-corrected chi connectivity index (χ2v) is 5.17. The van der Waals surface area contributed by atoms with Gasteiger partial charge in [-0.1, -0.05) is 48.5 Å². The van der Waals surface area contributed by atoms with Crippen LogP contribution in [-0.2, 0) is 11.2 Å². The normalized spacial score (nSPS) is 10.3. The van der Waals surface area contributed by atoms with Crippen molar-refractivity contribution in [2.45, 2.75) is 6.42 Å². The summed E-state index contributed by atoms with van der Waals surface area (Å²) in [4.78, 5) is 16.2. The minimum absolute atomic E-state index is 0.00428. The Kier molecular flexibility index (Phi) is 5.19. The highest BCUT2D eigenvalue weighted by Crippen LogP contribution is 2.13. The van der Waals surface area contributed by atoms with Crippen LogP contribution < -0.4 is 10.1 Å². The molecule has 0 unspecified atom stereocenters. The fraction of sp³-hybridized carbons (Fsp3) is 0.167. The Bertz CT molecular complexity index is 772. The number of aromatic nitrogens is 3. The second kappa shape index (κ2) is 7.92. The van der Waals surface area contributed by atoms with Gasteiger partial charge in [0.25, 0.3) is 5.91 Å². The Morgan fingerprint density at radius 2 is 1.75 bits per heavy atom. The van der Waals surface area contributed by atoms with Gasteiger partial charge < -0.3 is 10.1 Å². The number of hydrogen-bond donors (Lipinski definition) is 2. The molecule has 0 fully saturated rings. The number of benzene rings is 2. The molecule has 2 aromatic carbocycles. The molecular formula is C18H18N4O2. The van der Waals surface area contributed by atoms with E-state index in [1.807, 2.05) is 60.7 Å². The Morgan fingerprint density at radius 1 is 1.04 bits per heavy atom. The van der Waals surface area contributed by atoms with Crippen LogP contribution in [-0.4, -0.2) is 34.2 Å². The van der Waals surface area contributed by atoms with Gasteiger partial charge in [0.05, 0.1) is 0 Å². The number of nitrogens with one attached hydrogen (secondary N) is 2. The summed E-state index contributed by atoms with van der Waals surface area (Å²) in [5.74, 6) is 1.90. The fourth-order valence-corrected chi connectivity index (χ4v) is 2.16. The number of amides is 1. The summed E-state index contributed by atoms with van der Waals surface area (Å²) in [6.07, 6.45) is 0.580. The molecule has 1 amide bonds. The van der Waals surface area contributed by atoms with E-state index < -0.39 is 0 Å². The average molecular weight is 322 g/mol. The highest BCUT2D eigenvalue weighted by atomic mass is 16.5. The first-order chi connectivity index (χ1) is 11.8. The quantitative estimate of drug-likeness (QED) is 0.699. The van der Waals surface area contributed by atoms with Crippen molar-refractivity contribution in [2.75, 3.05) is 13.2 Å². The van der Waals surface area contributed by atoms with E-state index in [4.69, 9.17) is 4.74 Å². The first kappa shape index (κ1) is 15.7. The number of nitrogens with zero attached hydrogens (tertiary/aromatic N) is 2. The number of H-pyrrole nitrogens is 1. The van der Waals surface area contributed by atoms with Gasteiger partial charge in [-0.25, -0.2) is 4.98 Å². The van der Waals surface area contributed by atoms with Gasteiger partial charge in [0.1, 0.15) is 11.6 Å². The van der Waals surface area contributed by atoms with E-state index >= 15 is 0 Å². The number of hydrogen-bond acceptors (Lipinski definition) is 4. The van der Waals surface area contributed by atoms with Crippen LogP contribution in [0.25, 0.3) is 11.4 Å². The van der Waals surface area contributed by atoms with Crippen molar-refractivity contribution in [1.29, 1.82) is 0 Å². The summed E-state index contributed by atoms with van der Waals surface area (Å²) in [6.45, 7) is 0.468. The molecular weight excluding hydrogens is 304 g/mol. The van der Waals surface area contributed by atoms with Gasteiger partial charge in [-0.2, -0.15) is 5.10 Å². The van der Waals surface area contributed by atoms with Gasteiger partial charge in [0.15, 0.2) is 12.4 Å². The molecule has 0 bridgehead atoms. The van der Waals surface area contributed by atoms with Crippen LogP contribution in [0.2, 0.25) is 0 Å². The number of carbonyl (C=O) groups excluding carboxylic acids is 1. The summed E-state index contributed by atoms with van der Waals surface area (Å²) in [5.41, 5.74) is 0.959. The molecule has 2 N–H and O–H groups in total. The van der Waals surface area contributed by atoms with E-state index in [1.54, 1.807) is 0 Å². The molecule has 0 spiro atoms. The molecule has 0 saturated heterocycles. The zero-order valence-electron chi connectivity index (χ0n) is 13.1. The minimum Gasteiger partial charge on any atom is -0.484 e. The van der Waals surface area contributed by atoms with Crippen molar-refractivity contribution in [3.63, 3.8) is 0 Å². The van der Waals surface area contributed by atoms with Gasteiger partial charge in [-0.3, -0.25) is 9.89 Å². The molecule has 0 aliphatic heterocycles. The monoisotopic (exact) mass is 322 g/mol. The number of para-hydroxylation sites is 1. The van der Waals surface area contributed by atoms with E-state index in [1.165, 1.54) is 0 Å². The summed E-state index contributed by atoms with van der Waals surface area (Å²) < 4.78 is 5.38. The van der Waals surface area contributed by atoms with E-state index in [0.29, 0.717) is 24.5 Å². The number of carbonyl (C=O) groups is 1. The van der Waals surface area contributed by atoms with Crippen molar-refractivity contribution in [3.05, 3.63) is 66.5 Å². The van der Waals surface area contributed by atoms with Gasteiger partial charge in [-0.05, 0) is 12.1 Å². The molecule has 0 atom stereocenters. The second-order valence-electron chi connectivity index (χ2n) is 5.17. The standard InChI is InChI=1S/C18H18N4O2/c23-17(13-24-15-9-5-2-6-10-15)19-12-11-16-20-18(22-21-16)14-7-3-1-4-8-14/h1-10H,11-13H2,(H,19,23)(H,20,21,22). The SMILES string of the molecule is O=C(COc1ccccc1)NCCc1nc(-c2ccccc2)n[nH]1. The summed E-state index contributed by atoms with van der Waals surface area (Å²) >= 11 is 0. The van der Waals surface area contributed by atoms with Gasteiger partial charge in [0.2, 0.25) is 0 Å². The molecule has 0 saturated carbocycles. The lowest BCUT2D eigenvalue weighted by atomic mass is 10.2. The largest absolute Gasteiger partial charge is 0.484 e. The van der Waals surface area contributed by atoms with Crippen LogP contribution in [0.4, 0.5) is 0 Å². The lowest BCUT2D eigenvalue weighted by molar-refractivity contribution is -0.123. The molecule has 0 aliphatic rings. The van der Waals surface area contributed by atoms with Crippen LogP contribution in [0, 0.1) is 0 Å². The number of aromatic amines is 1. The topological polar surface area (TPSA) is 79.9 Å². The first-order valence-electron chi connectivity index (χ1n) is 7.72. The molecule has 122 valence electrons. The predicted molar refractivity (Wildman–Crippen MR) is 90.5 cm³/mol. The Labute approximate surface area is 139 Å². The van der Waals surface area contributed by atoms with E-state index in [0.717, 1.165) is 11.4 Å². The van der Waals surface area contributed by atoms with Crippen molar-refractivity contribution in [2.24, 2.45) is 0 Å². The third kappa shape index (κ3) is 4.42. The average Bonchev–Trinajstić information content (AvgIpc) is 3.11. The summed E-state index contributed by atoms with van der Waals surface area (Å²) in [6, 6.07) is 19.0. The highest BCUT2D eigenvalue weighted by Gasteiger charge is 2.06. The third-order valence-electron chi connectivity index (χ3n) is 3.36. The molecule has 6 nitrogen and oxygen atoms in total. The minimum atomic E-state index is -0.165. The Morgan fingerprint density at radius 3 is 2.50 bits per heavy atom. The maximum Gasteiger partial charge on any atom is 0.257 e. The van der Waals surface area contributed by atoms with Crippen molar-refractivity contribution in [3.8, 4) is 17.1 Å². The zero-order chi connectivity index (χ0) is 16.6. The number of ether oxygens (including phenoxy) is 1. The van der Waals surface area contributed by atoms with Gasteiger partial charge in [0, 0.05) is 18.5 Å². The van der Waals surface area contributed by atoms with Gasteiger partial charge >= 0.3 is 0 Å². The van der Waals surface area contributed by atoms with Crippen molar-refractivity contribution in [1.82, 2.24) is 20.5 Å². The highest BCUT2D eigenvalue weighted by molar-refractivity contribution is 5.77. The molecule has 6 heteroatoms. The first-order valence-corrected chi connectivity index (χ1v) is 7.72. The fourth-order valence-electron chi connectivity index (χ4n) is 2.16. The van der Waals surface area contributed by atoms with Crippen molar-refractivity contribution < 1.29 is 9.53 Å². The van der Waals surface area contributed by atoms with Crippen LogP contribution in [0.3, 0.4) is 0 Å². The van der Waals surface area contributed by atoms with Crippen LogP contribution >= 0.6 is 0 Å². The molecule has 3 rings (SSSR count). The smallest absolute Gasteiger partial charge is 0.257 e. The molecule has 1 heterocycles. The maximum absolute atomic E-state index is 11.8. The lowest BCUT2D eigenvalue weighted by Gasteiger charge is -2.06. The Hall–Kier alpha value is -3.15. The lowest BCUT2D eigenvalue weighted by Crippen LogP contribution is -2.30. The van der Waals surface area contributed by atoms with Gasteiger partial charge in [-0.15, -0.1) is 0 Å².